The highest BCUT2D eigenvalue weighted by molar-refractivity contribution is 7.80. The van der Waals surface area contributed by atoms with Gasteiger partial charge in [0.1, 0.15) is 0 Å². The van der Waals surface area contributed by atoms with E-state index in [4.69, 9.17) is 12.2 Å². The molecule has 4 nitrogen and oxygen atoms in total. The number of nitrogens with one attached hydrogen (secondary N) is 1. The molecule has 0 saturated heterocycles. The van der Waals surface area contributed by atoms with Crippen LogP contribution in [0.3, 0.4) is 0 Å². The summed E-state index contributed by atoms with van der Waals surface area (Å²) in [6.45, 7) is 1.38. The van der Waals surface area contributed by atoms with E-state index in [0.29, 0.717) is 17.3 Å². The molecule has 0 unspecified atom stereocenters. The van der Waals surface area contributed by atoms with Gasteiger partial charge in [-0.1, -0.05) is 6.07 Å². The zero-order valence-electron chi connectivity index (χ0n) is 14.7. The molecule has 1 aliphatic heterocycles. The fraction of sp³-hybridized carbons (Fsp3) is 0.200. The molecule has 144 valence electrons. The van der Waals surface area contributed by atoms with Gasteiger partial charge in [-0.15, -0.1) is 0 Å². The van der Waals surface area contributed by atoms with Crippen molar-refractivity contribution in [3.8, 4) is 0 Å². The van der Waals surface area contributed by atoms with Crippen LogP contribution in [0.15, 0.2) is 67.1 Å². The summed E-state index contributed by atoms with van der Waals surface area (Å²) in [5, 5.41) is 3.36. The van der Waals surface area contributed by atoms with E-state index in [-0.39, 0.29) is 6.04 Å². The minimum atomic E-state index is -4.40. The van der Waals surface area contributed by atoms with Gasteiger partial charge in [0.15, 0.2) is 5.11 Å². The number of aromatic nitrogens is 2. The Kier molecular flexibility index (Phi) is 4.80. The Bertz CT molecular complexity index is 984. The molecule has 3 heterocycles. The summed E-state index contributed by atoms with van der Waals surface area (Å²) in [4.78, 5) is 6.07. The summed E-state index contributed by atoms with van der Waals surface area (Å²) in [6, 6.07) is 12.8. The van der Waals surface area contributed by atoms with Gasteiger partial charge < -0.3 is 14.8 Å². The first-order valence-corrected chi connectivity index (χ1v) is 9.14. The maximum absolute atomic E-state index is 13.0. The van der Waals surface area contributed by atoms with Crippen molar-refractivity contribution in [1.29, 1.82) is 0 Å². The van der Waals surface area contributed by atoms with Gasteiger partial charge in [-0.05, 0) is 60.2 Å². The Morgan fingerprint density at radius 1 is 1.07 bits per heavy atom. The summed E-state index contributed by atoms with van der Waals surface area (Å²) in [7, 11) is 0. The molecule has 0 radical (unpaired) electrons. The number of anilines is 1. The maximum atomic E-state index is 13.0. The Morgan fingerprint density at radius 3 is 2.61 bits per heavy atom. The molecule has 3 aromatic rings. The number of fused-ring (bicyclic) bond motifs is 1. The summed E-state index contributed by atoms with van der Waals surface area (Å²) < 4.78 is 41.1. The molecular weight excluding hydrogens is 385 g/mol. The fourth-order valence-corrected chi connectivity index (χ4v) is 3.78. The van der Waals surface area contributed by atoms with Crippen molar-refractivity contribution in [3.05, 3.63) is 83.9 Å². The molecule has 0 spiro atoms. The van der Waals surface area contributed by atoms with E-state index in [0.717, 1.165) is 29.9 Å². The number of rotatable bonds is 2. The topological polar surface area (TPSA) is 33.1 Å². The molecule has 28 heavy (non-hydrogen) atoms. The first-order valence-electron chi connectivity index (χ1n) is 8.73. The van der Waals surface area contributed by atoms with Crippen LogP contribution < -0.4 is 5.32 Å². The average Bonchev–Trinajstić information content (AvgIpc) is 3.16. The Hall–Kier alpha value is -2.87. The minimum absolute atomic E-state index is 0.141. The molecule has 4 rings (SSSR count). The Morgan fingerprint density at radius 2 is 1.86 bits per heavy atom. The smallest absolute Gasteiger partial charge is 0.348 e. The van der Waals surface area contributed by atoms with E-state index in [2.05, 4.69) is 14.9 Å². The third-order valence-corrected chi connectivity index (χ3v) is 5.10. The third-order valence-electron chi connectivity index (χ3n) is 4.76. The molecule has 0 saturated carbocycles. The van der Waals surface area contributed by atoms with Crippen LogP contribution in [0.5, 0.6) is 0 Å². The second kappa shape index (κ2) is 7.27. The van der Waals surface area contributed by atoms with Gasteiger partial charge in [0.25, 0.3) is 0 Å². The van der Waals surface area contributed by atoms with E-state index in [1.54, 1.807) is 18.5 Å². The number of pyridine rings is 1. The molecule has 2 aromatic heterocycles. The summed E-state index contributed by atoms with van der Waals surface area (Å²) in [5.41, 5.74) is 1.70. The van der Waals surface area contributed by atoms with Gasteiger partial charge in [0.2, 0.25) is 0 Å². The van der Waals surface area contributed by atoms with Crippen LogP contribution in [-0.2, 0) is 12.7 Å². The molecule has 1 atom stereocenters. The lowest BCUT2D eigenvalue weighted by Gasteiger charge is -2.39. The normalized spacial score (nSPS) is 16.5. The lowest BCUT2D eigenvalue weighted by Crippen LogP contribution is -2.44. The van der Waals surface area contributed by atoms with Crippen LogP contribution in [0, 0.1) is 0 Å². The van der Waals surface area contributed by atoms with Crippen LogP contribution in [0.25, 0.3) is 0 Å². The predicted molar refractivity (Wildman–Crippen MR) is 105 cm³/mol. The molecule has 1 aliphatic rings. The van der Waals surface area contributed by atoms with Crippen molar-refractivity contribution in [3.63, 3.8) is 0 Å². The largest absolute Gasteiger partial charge is 0.416 e. The zero-order valence-corrected chi connectivity index (χ0v) is 15.5. The molecule has 0 aliphatic carbocycles. The molecule has 0 amide bonds. The highest BCUT2D eigenvalue weighted by Gasteiger charge is 2.32. The van der Waals surface area contributed by atoms with Gasteiger partial charge in [-0.2, -0.15) is 13.2 Å². The van der Waals surface area contributed by atoms with Crippen molar-refractivity contribution in [2.45, 2.75) is 18.8 Å². The summed E-state index contributed by atoms with van der Waals surface area (Å²) >= 11 is 5.58. The van der Waals surface area contributed by atoms with Crippen LogP contribution in [0.2, 0.25) is 0 Å². The van der Waals surface area contributed by atoms with Crippen molar-refractivity contribution in [2.24, 2.45) is 0 Å². The van der Waals surface area contributed by atoms with E-state index in [1.807, 2.05) is 35.4 Å². The zero-order chi connectivity index (χ0) is 19.7. The van der Waals surface area contributed by atoms with Gasteiger partial charge >= 0.3 is 6.18 Å². The highest BCUT2D eigenvalue weighted by atomic mass is 32.1. The lowest BCUT2D eigenvalue weighted by molar-refractivity contribution is -0.137. The van der Waals surface area contributed by atoms with Crippen LogP contribution >= 0.6 is 12.2 Å². The number of hydrogen-bond acceptors (Lipinski definition) is 2. The second-order valence-electron chi connectivity index (χ2n) is 6.51. The maximum Gasteiger partial charge on any atom is 0.416 e. The first kappa shape index (κ1) is 18.5. The van der Waals surface area contributed by atoms with Gasteiger partial charge in [0, 0.05) is 43.1 Å². The minimum Gasteiger partial charge on any atom is -0.348 e. The lowest BCUT2D eigenvalue weighted by atomic mass is 10.0. The van der Waals surface area contributed by atoms with Crippen LogP contribution in [0.4, 0.5) is 18.9 Å². The van der Waals surface area contributed by atoms with Gasteiger partial charge in [-0.3, -0.25) is 4.98 Å². The van der Waals surface area contributed by atoms with Crippen molar-refractivity contribution >= 4 is 23.0 Å². The molecule has 0 fully saturated rings. The van der Waals surface area contributed by atoms with Crippen molar-refractivity contribution < 1.29 is 13.2 Å². The van der Waals surface area contributed by atoms with E-state index in [1.165, 1.54) is 6.07 Å². The molecule has 1 aromatic carbocycles. The monoisotopic (exact) mass is 402 g/mol. The van der Waals surface area contributed by atoms with Crippen molar-refractivity contribution in [1.82, 2.24) is 14.5 Å². The van der Waals surface area contributed by atoms with E-state index >= 15 is 0 Å². The molecule has 0 bridgehead atoms. The Balaban J connectivity index is 1.63. The standard InChI is InChI=1S/C20H17F3N4S/c21-20(22,23)15-3-1-4-16(13-15)25-19(28)27-12-11-26-10-2-5-17(26)18(27)14-6-8-24-9-7-14/h1-10,13,18H,11-12H2,(H,25,28)/t18-/m1/s1. The summed E-state index contributed by atoms with van der Waals surface area (Å²) in [5.74, 6) is 0. The molecular formula is C20H17F3N4S. The van der Waals surface area contributed by atoms with E-state index in [9.17, 15) is 13.2 Å². The molecule has 8 heteroatoms. The number of hydrogen-bond donors (Lipinski definition) is 1. The van der Waals surface area contributed by atoms with Crippen molar-refractivity contribution in [2.75, 3.05) is 11.9 Å². The first-order chi connectivity index (χ1) is 13.4. The summed E-state index contributed by atoms with van der Waals surface area (Å²) in [6.07, 6.45) is 1.06. The number of thiocarbonyl (C=S) groups is 1. The predicted octanol–water partition coefficient (Wildman–Crippen LogP) is 4.70. The highest BCUT2D eigenvalue weighted by Crippen LogP contribution is 2.34. The average molecular weight is 402 g/mol. The molecule has 1 N–H and O–H groups in total. The number of benzene rings is 1. The second-order valence-corrected chi connectivity index (χ2v) is 6.90. The number of halogens is 3. The quantitative estimate of drug-likeness (QED) is 0.630. The van der Waals surface area contributed by atoms with Gasteiger partial charge in [0.05, 0.1) is 11.6 Å². The number of nitrogens with zero attached hydrogens (tertiary/aromatic N) is 3. The Labute approximate surface area is 165 Å². The fourth-order valence-electron chi connectivity index (χ4n) is 3.47. The van der Waals surface area contributed by atoms with Gasteiger partial charge in [-0.25, -0.2) is 0 Å². The SMILES string of the molecule is FC(F)(F)c1cccc(NC(=S)N2CCn3cccc3[C@H]2c2ccncc2)c1. The van der Waals surface area contributed by atoms with Crippen LogP contribution in [0.1, 0.15) is 22.9 Å². The third kappa shape index (κ3) is 3.60. The van der Waals surface area contributed by atoms with E-state index < -0.39 is 11.7 Å². The number of alkyl halides is 3. The van der Waals surface area contributed by atoms with Crippen LogP contribution in [-0.4, -0.2) is 26.1 Å².